The lowest BCUT2D eigenvalue weighted by Crippen LogP contribution is -2.35. The summed E-state index contributed by atoms with van der Waals surface area (Å²) < 4.78 is 4.83. The Balaban J connectivity index is 0.00000128. The first-order valence-electron chi connectivity index (χ1n) is 5.17. The summed E-state index contributed by atoms with van der Waals surface area (Å²) in [5.41, 5.74) is 3.69. The number of hydrogen-bond acceptors (Lipinski definition) is 2. The van der Waals surface area contributed by atoms with Crippen LogP contribution in [0.25, 0.3) is 0 Å². The number of halogens is 1. The summed E-state index contributed by atoms with van der Waals surface area (Å²) in [5, 5.41) is 2.82. The van der Waals surface area contributed by atoms with Gasteiger partial charge < -0.3 is 10.1 Å². The van der Waals surface area contributed by atoms with Crippen molar-refractivity contribution in [2.45, 2.75) is 26.3 Å². The standard InChI is InChI=1S/C12H15NO2.ClH/c1-8-3-4-10(7-9(8)2)11-5-6-15-12(14)13-11;/h3-4,7,11H,5-6H2,1-2H3,(H,13,14);1H/t11-;/m0./s1. The molecule has 88 valence electrons. The molecule has 0 aliphatic carbocycles. The molecule has 16 heavy (non-hydrogen) atoms. The molecule has 3 nitrogen and oxygen atoms in total. The van der Waals surface area contributed by atoms with Gasteiger partial charge in [-0.15, -0.1) is 12.4 Å². The van der Waals surface area contributed by atoms with Crippen molar-refractivity contribution >= 4 is 18.5 Å². The number of aryl methyl sites for hydroxylation is 2. The maximum atomic E-state index is 11.1. The van der Waals surface area contributed by atoms with E-state index in [9.17, 15) is 4.79 Å². The topological polar surface area (TPSA) is 38.3 Å². The van der Waals surface area contributed by atoms with Gasteiger partial charge in [-0.05, 0) is 30.5 Å². The predicted molar refractivity (Wildman–Crippen MR) is 65.0 cm³/mol. The third-order valence-electron chi connectivity index (χ3n) is 2.87. The van der Waals surface area contributed by atoms with Crippen molar-refractivity contribution in [1.29, 1.82) is 0 Å². The number of hydrogen-bond donors (Lipinski definition) is 1. The second-order valence-electron chi connectivity index (χ2n) is 3.97. The molecule has 1 N–H and O–H groups in total. The van der Waals surface area contributed by atoms with Crippen LogP contribution in [0.2, 0.25) is 0 Å². The molecule has 1 amide bonds. The molecule has 1 aliphatic heterocycles. The Labute approximate surface area is 102 Å². The molecule has 1 fully saturated rings. The van der Waals surface area contributed by atoms with E-state index < -0.39 is 0 Å². The van der Waals surface area contributed by atoms with Crippen LogP contribution in [0, 0.1) is 13.8 Å². The van der Waals surface area contributed by atoms with E-state index in [1.165, 1.54) is 11.1 Å². The van der Waals surface area contributed by atoms with E-state index in [1.807, 2.05) is 0 Å². The SMILES string of the molecule is Cc1ccc([C@@H]2CCOC(=O)N2)cc1C.Cl. The number of carbonyl (C=O) groups is 1. The van der Waals surface area contributed by atoms with E-state index >= 15 is 0 Å². The highest BCUT2D eigenvalue weighted by molar-refractivity contribution is 5.85. The Morgan fingerprint density at radius 2 is 2.06 bits per heavy atom. The zero-order chi connectivity index (χ0) is 10.8. The van der Waals surface area contributed by atoms with Gasteiger partial charge in [0.05, 0.1) is 12.6 Å². The molecule has 4 heteroatoms. The molecule has 0 unspecified atom stereocenters. The Hall–Kier alpha value is -1.22. The summed E-state index contributed by atoms with van der Waals surface area (Å²) in [4.78, 5) is 11.1. The third kappa shape index (κ3) is 2.67. The lowest BCUT2D eigenvalue weighted by Gasteiger charge is -2.24. The van der Waals surface area contributed by atoms with Gasteiger partial charge in [0.2, 0.25) is 0 Å². The minimum absolute atomic E-state index is 0. The summed E-state index contributed by atoms with van der Waals surface area (Å²) in [5.74, 6) is 0. The maximum Gasteiger partial charge on any atom is 0.407 e. The van der Waals surface area contributed by atoms with Crippen molar-refractivity contribution < 1.29 is 9.53 Å². The van der Waals surface area contributed by atoms with E-state index in [2.05, 4.69) is 37.4 Å². The molecular weight excluding hydrogens is 226 g/mol. The van der Waals surface area contributed by atoms with Gasteiger partial charge in [-0.2, -0.15) is 0 Å². The summed E-state index contributed by atoms with van der Waals surface area (Å²) in [6.07, 6.45) is 0.526. The Kier molecular flexibility index (Phi) is 4.19. The Morgan fingerprint density at radius 1 is 1.31 bits per heavy atom. The molecule has 1 aliphatic rings. The zero-order valence-corrected chi connectivity index (χ0v) is 10.3. The number of benzene rings is 1. The van der Waals surface area contributed by atoms with Crippen molar-refractivity contribution in [3.05, 3.63) is 34.9 Å². The van der Waals surface area contributed by atoms with Crippen LogP contribution in [0.1, 0.15) is 29.2 Å². The summed E-state index contributed by atoms with van der Waals surface area (Å²) >= 11 is 0. The lowest BCUT2D eigenvalue weighted by molar-refractivity contribution is 0.115. The van der Waals surface area contributed by atoms with Gasteiger partial charge >= 0.3 is 6.09 Å². The van der Waals surface area contributed by atoms with E-state index in [-0.39, 0.29) is 24.5 Å². The number of ether oxygens (including phenoxy) is 1. The first kappa shape index (κ1) is 12.8. The van der Waals surface area contributed by atoms with Gasteiger partial charge in [0.1, 0.15) is 0 Å². The molecule has 1 aromatic rings. The number of cyclic esters (lactones) is 1. The number of carbonyl (C=O) groups excluding carboxylic acids is 1. The second kappa shape index (κ2) is 5.21. The first-order chi connectivity index (χ1) is 7.16. The van der Waals surface area contributed by atoms with Crippen LogP contribution in [-0.4, -0.2) is 12.7 Å². The second-order valence-corrected chi connectivity index (χ2v) is 3.97. The van der Waals surface area contributed by atoms with Gasteiger partial charge in [-0.25, -0.2) is 4.79 Å². The lowest BCUT2D eigenvalue weighted by atomic mass is 9.99. The average molecular weight is 242 g/mol. The highest BCUT2D eigenvalue weighted by atomic mass is 35.5. The van der Waals surface area contributed by atoms with Gasteiger partial charge in [0, 0.05) is 6.42 Å². The molecule has 1 atom stereocenters. The van der Waals surface area contributed by atoms with Crippen molar-refractivity contribution in [1.82, 2.24) is 5.32 Å². The quantitative estimate of drug-likeness (QED) is 0.821. The van der Waals surface area contributed by atoms with Gasteiger partial charge in [0.15, 0.2) is 0 Å². The van der Waals surface area contributed by atoms with Crippen LogP contribution in [0.5, 0.6) is 0 Å². The number of rotatable bonds is 1. The normalized spacial score (nSPS) is 19.4. The first-order valence-corrected chi connectivity index (χ1v) is 5.17. The third-order valence-corrected chi connectivity index (χ3v) is 2.87. The predicted octanol–water partition coefficient (Wildman–Crippen LogP) is 2.90. The van der Waals surface area contributed by atoms with E-state index in [0.29, 0.717) is 6.61 Å². The Bertz CT molecular complexity index is 393. The van der Waals surface area contributed by atoms with Gasteiger partial charge in [0.25, 0.3) is 0 Å². The molecule has 0 bridgehead atoms. The molecular formula is C12H16ClNO2. The van der Waals surface area contributed by atoms with Crippen LogP contribution in [0.3, 0.4) is 0 Å². The largest absolute Gasteiger partial charge is 0.449 e. The Morgan fingerprint density at radius 3 is 2.69 bits per heavy atom. The van der Waals surface area contributed by atoms with E-state index in [4.69, 9.17) is 4.74 Å². The number of amides is 1. The number of nitrogens with one attached hydrogen (secondary N) is 1. The fraction of sp³-hybridized carbons (Fsp3) is 0.417. The molecule has 0 aromatic heterocycles. The molecule has 1 saturated heterocycles. The van der Waals surface area contributed by atoms with Crippen LogP contribution in [0.15, 0.2) is 18.2 Å². The molecule has 0 spiro atoms. The molecule has 1 aromatic carbocycles. The van der Waals surface area contributed by atoms with E-state index in [0.717, 1.165) is 12.0 Å². The maximum absolute atomic E-state index is 11.1. The van der Waals surface area contributed by atoms with Gasteiger partial charge in [-0.1, -0.05) is 18.2 Å². The molecule has 0 radical (unpaired) electrons. The minimum atomic E-state index is -0.315. The summed E-state index contributed by atoms with van der Waals surface area (Å²) in [6.45, 7) is 4.67. The molecule has 0 saturated carbocycles. The van der Waals surface area contributed by atoms with Crippen molar-refractivity contribution in [3.8, 4) is 0 Å². The van der Waals surface area contributed by atoms with Crippen molar-refractivity contribution in [3.63, 3.8) is 0 Å². The molecule has 1 heterocycles. The average Bonchev–Trinajstić information content (AvgIpc) is 2.22. The highest BCUT2D eigenvalue weighted by Crippen LogP contribution is 2.22. The summed E-state index contributed by atoms with van der Waals surface area (Å²) in [7, 11) is 0. The summed E-state index contributed by atoms with van der Waals surface area (Å²) in [6, 6.07) is 6.39. The van der Waals surface area contributed by atoms with Crippen LogP contribution in [-0.2, 0) is 4.74 Å². The fourth-order valence-electron chi connectivity index (χ4n) is 1.76. The van der Waals surface area contributed by atoms with Crippen molar-refractivity contribution in [2.75, 3.05) is 6.61 Å². The highest BCUT2D eigenvalue weighted by Gasteiger charge is 2.20. The van der Waals surface area contributed by atoms with Gasteiger partial charge in [-0.3, -0.25) is 0 Å². The number of alkyl carbamates (subject to hydrolysis) is 1. The minimum Gasteiger partial charge on any atom is -0.449 e. The van der Waals surface area contributed by atoms with E-state index in [1.54, 1.807) is 0 Å². The fourth-order valence-corrected chi connectivity index (χ4v) is 1.76. The monoisotopic (exact) mass is 241 g/mol. The van der Waals surface area contributed by atoms with Crippen molar-refractivity contribution in [2.24, 2.45) is 0 Å². The zero-order valence-electron chi connectivity index (χ0n) is 9.45. The van der Waals surface area contributed by atoms with Crippen LogP contribution >= 0.6 is 12.4 Å². The smallest absolute Gasteiger partial charge is 0.407 e. The molecule has 2 rings (SSSR count). The van der Waals surface area contributed by atoms with Crippen LogP contribution in [0.4, 0.5) is 4.79 Å². The van der Waals surface area contributed by atoms with Crippen LogP contribution < -0.4 is 5.32 Å².